The van der Waals surface area contributed by atoms with E-state index < -0.39 is 0 Å². The fraction of sp³-hybridized carbons (Fsp3) is 0. The van der Waals surface area contributed by atoms with Crippen LogP contribution in [0.15, 0.2) is 185 Å². The molecule has 0 aliphatic heterocycles. The van der Waals surface area contributed by atoms with Crippen molar-refractivity contribution in [3.8, 4) is 56.4 Å². The minimum absolute atomic E-state index is 0.638. The summed E-state index contributed by atoms with van der Waals surface area (Å²) in [5, 5.41) is 6.62. The zero-order valence-corrected chi connectivity index (χ0v) is 31.1. The second kappa shape index (κ2) is 12.6. The van der Waals surface area contributed by atoms with Crippen LogP contribution < -0.4 is 0 Å². The average molecular weight is 748 g/mol. The van der Waals surface area contributed by atoms with Gasteiger partial charge in [-0.15, -0.1) is 11.3 Å². The van der Waals surface area contributed by atoms with E-state index in [1.54, 1.807) is 11.3 Å². The molecule has 8 aromatic carbocycles. The van der Waals surface area contributed by atoms with Crippen LogP contribution in [0, 0.1) is 0 Å². The van der Waals surface area contributed by atoms with Crippen LogP contribution in [-0.4, -0.2) is 15.0 Å². The van der Waals surface area contributed by atoms with E-state index in [-0.39, 0.29) is 0 Å². The summed E-state index contributed by atoms with van der Waals surface area (Å²) >= 11 is 1.78. The van der Waals surface area contributed by atoms with E-state index in [2.05, 4.69) is 91.0 Å². The summed E-state index contributed by atoms with van der Waals surface area (Å²) in [7, 11) is 0. The van der Waals surface area contributed by atoms with Crippen LogP contribution in [0.3, 0.4) is 0 Å². The first-order valence-electron chi connectivity index (χ1n) is 18.9. The Morgan fingerprint density at radius 1 is 0.351 bits per heavy atom. The quantitative estimate of drug-likeness (QED) is 0.175. The van der Waals surface area contributed by atoms with E-state index in [1.165, 1.54) is 4.70 Å². The molecule has 0 fully saturated rings. The van der Waals surface area contributed by atoms with Gasteiger partial charge in [-0.2, -0.15) is 0 Å². The Bertz CT molecular complexity index is 3470. The number of fused-ring (bicyclic) bond motifs is 9. The lowest BCUT2D eigenvalue weighted by Gasteiger charge is -2.10. The van der Waals surface area contributed by atoms with E-state index in [0.29, 0.717) is 17.5 Å². The molecule has 6 heteroatoms. The van der Waals surface area contributed by atoms with Crippen molar-refractivity contribution < 1.29 is 8.83 Å². The highest BCUT2D eigenvalue weighted by Crippen LogP contribution is 2.48. The summed E-state index contributed by atoms with van der Waals surface area (Å²) < 4.78 is 15.6. The highest BCUT2D eigenvalue weighted by Gasteiger charge is 2.22. The maximum atomic E-state index is 6.75. The zero-order valence-electron chi connectivity index (χ0n) is 30.3. The molecule has 12 aromatic rings. The summed E-state index contributed by atoms with van der Waals surface area (Å²) in [4.78, 5) is 15.2. The van der Waals surface area contributed by atoms with Crippen LogP contribution in [0.2, 0.25) is 0 Å². The van der Waals surface area contributed by atoms with Gasteiger partial charge >= 0.3 is 0 Å². The third-order valence-electron chi connectivity index (χ3n) is 10.9. The van der Waals surface area contributed by atoms with E-state index >= 15 is 0 Å². The molecule has 0 aliphatic rings. The molecule has 0 saturated carbocycles. The fourth-order valence-corrected chi connectivity index (χ4v) is 9.59. The Balaban J connectivity index is 1.11. The Hall–Kier alpha value is -7.41. The summed E-state index contributed by atoms with van der Waals surface area (Å²) in [6.07, 6.45) is 0. The minimum atomic E-state index is 0.638. The summed E-state index contributed by atoms with van der Waals surface area (Å²) in [5.41, 5.74) is 10.6. The first-order valence-corrected chi connectivity index (χ1v) is 19.7. The van der Waals surface area contributed by atoms with Crippen molar-refractivity contribution in [2.75, 3.05) is 0 Å². The lowest BCUT2D eigenvalue weighted by molar-refractivity contribution is 0.669. The number of rotatable bonds is 5. The molecule has 0 bridgehead atoms. The molecule has 0 atom stereocenters. The van der Waals surface area contributed by atoms with Gasteiger partial charge in [-0.1, -0.05) is 146 Å². The maximum absolute atomic E-state index is 6.75. The molecule has 57 heavy (non-hydrogen) atoms. The molecule has 0 unspecified atom stereocenters. The zero-order chi connectivity index (χ0) is 37.5. The number of hydrogen-bond acceptors (Lipinski definition) is 6. The molecule has 5 nitrogen and oxygen atoms in total. The highest BCUT2D eigenvalue weighted by molar-refractivity contribution is 7.26. The topological polar surface area (TPSA) is 65.0 Å². The molecule has 4 heterocycles. The predicted molar refractivity (Wildman–Crippen MR) is 234 cm³/mol. The van der Waals surface area contributed by atoms with Gasteiger partial charge < -0.3 is 8.83 Å². The third kappa shape index (κ3) is 5.04. The first-order chi connectivity index (χ1) is 28.2. The molecule has 12 rings (SSSR count). The van der Waals surface area contributed by atoms with Crippen LogP contribution in [0.1, 0.15) is 0 Å². The van der Waals surface area contributed by atoms with E-state index in [4.69, 9.17) is 23.8 Å². The fourth-order valence-electron chi connectivity index (χ4n) is 8.33. The van der Waals surface area contributed by atoms with Gasteiger partial charge in [0.2, 0.25) is 0 Å². The van der Waals surface area contributed by atoms with Crippen LogP contribution in [0.5, 0.6) is 0 Å². The number of para-hydroxylation sites is 3. The molecule has 0 N–H and O–H groups in total. The number of hydrogen-bond donors (Lipinski definition) is 0. The van der Waals surface area contributed by atoms with Gasteiger partial charge in [0.25, 0.3) is 0 Å². The number of nitrogens with zero attached hydrogens (tertiary/aromatic N) is 3. The second-order valence-corrected chi connectivity index (χ2v) is 15.3. The number of thiophene rings is 1. The van der Waals surface area contributed by atoms with Crippen molar-refractivity contribution in [1.82, 2.24) is 15.0 Å². The van der Waals surface area contributed by atoms with Gasteiger partial charge in [0.1, 0.15) is 22.3 Å². The van der Waals surface area contributed by atoms with Gasteiger partial charge in [-0.05, 0) is 35.9 Å². The van der Waals surface area contributed by atoms with Crippen molar-refractivity contribution in [2.45, 2.75) is 0 Å². The molecule has 266 valence electrons. The Kier molecular flexibility index (Phi) is 7.03. The lowest BCUT2D eigenvalue weighted by Crippen LogP contribution is -2.00. The highest BCUT2D eigenvalue weighted by atomic mass is 32.1. The van der Waals surface area contributed by atoms with Crippen molar-refractivity contribution in [1.29, 1.82) is 0 Å². The predicted octanol–water partition coefficient (Wildman–Crippen LogP) is 14.4. The van der Waals surface area contributed by atoms with Crippen molar-refractivity contribution in [2.24, 2.45) is 0 Å². The van der Waals surface area contributed by atoms with Gasteiger partial charge in [0, 0.05) is 75.1 Å². The number of furan rings is 2. The monoisotopic (exact) mass is 747 g/mol. The number of benzene rings is 8. The Morgan fingerprint density at radius 3 is 1.58 bits per heavy atom. The molecular weight excluding hydrogens is 719 g/mol. The second-order valence-electron chi connectivity index (χ2n) is 14.3. The van der Waals surface area contributed by atoms with Crippen molar-refractivity contribution >= 4 is 75.4 Å². The molecule has 0 aliphatic carbocycles. The summed E-state index contributed by atoms with van der Waals surface area (Å²) in [6.45, 7) is 0. The minimum Gasteiger partial charge on any atom is -0.455 e. The van der Waals surface area contributed by atoms with Gasteiger partial charge in [-0.25, -0.2) is 15.0 Å². The van der Waals surface area contributed by atoms with Gasteiger partial charge in [-0.3, -0.25) is 0 Å². The summed E-state index contributed by atoms with van der Waals surface area (Å²) in [6, 6.07) is 60.8. The smallest absolute Gasteiger partial charge is 0.164 e. The third-order valence-corrected chi connectivity index (χ3v) is 12.2. The Morgan fingerprint density at radius 2 is 0.877 bits per heavy atom. The molecule has 4 aromatic heterocycles. The standard InChI is InChI=1S/C51H29N3O2S/c1-3-14-30(15-4-1)49-52-50(31-16-5-2-6-17-31)54-51(53-49)39-24-13-27-44-45(39)38-23-12-22-37(48(38)57-44)41-29-32(28-40-35-19-8-10-26-43(35)56-47(40)41)33-20-11-21-36-34-18-7-9-25-42(34)55-46(33)36/h1-29H. The van der Waals surface area contributed by atoms with Crippen LogP contribution in [0.25, 0.3) is 120 Å². The van der Waals surface area contributed by atoms with Crippen LogP contribution >= 0.6 is 11.3 Å². The Labute approximate surface area is 330 Å². The molecule has 0 radical (unpaired) electrons. The van der Waals surface area contributed by atoms with E-state index in [1.807, 2.05) is 84.9 Å². The SMILES string of the molecule is c1ccc(-c2nc(-c3ccccc3)nc(-c3cccc4sc5c(-c6cc(-c7cccc8c7oc7ccccc78)cc7c6oc6ccccc67)cccc5c34)n2)cc1. The van der Waals surface area contributed by atoms with E-state index in [0.717, 1.165) is 98.3 Å². The molecular formula is C51H29N3O2S. The van der Waals surface area contributed by atoms with Crippen molar-refractivity contribution in [3.05, 3.63) is 176 Å². The number of aromatic nitrogens is 3. The van der Waals surface area contributed by atoms with Crippen LogP contribution in [0.4, 0.5) is 0 Å². The molecule has 0 spiro atoms. The first kappa shape index (κ1) is 31.9. The lowest BCUT2D eigenvalue weighted by atomic mass is 9.94. The van der Waals surface area contributed by atoms with E-state index in [9.17, 15) is 0 Å². The summed E-state index contributed by atoms with van der Waals surface area (Å²) in [5.74, 6) is 1.92. The average Bonchev–Trinajstić information content (AvgIpc) is 3.98. The van der Waals surface area contributed by atoms with Crippen molar-refractivity contribution in [3.63, 3.8) is 0 Å². The normalized spacial score (nSPS) is 11.9. The largest absolute Gasteiger partial charge is 0.455 e. The molecule has 0 amide bonds. The maximum Gasteiger partial charge on any atom is 0.164 e. The van der Waals surface area contributed by atoms with Gasteiger partial charge in [0.05, 0.1) is 0 Å². The molecule has 0 saturated heterocycles. The van der Waals surface area contributed by atoms with Crippen LogP contribution in [-0.2, 0) is 0 Å². The van der Waals surface area contributed by atoms with Gasteiger partial charge in [0.15, 0.2) is 17.5 Å².